The van der Waals surface area contributed by atoms with E-state index in [1.54, 1.807) is 28.1 Å². The zero-order valence-corrected chi connectivity index (χ0v) is 29.3. The fraction of sp³-hybridized carbons (Fsp3) is 0.368. The van der Waals surface area contributed by atoms with Crippen molar-refractivity contribution < 1.29 is 29.0 Å². The van der Waals surface area contributed by atoms with E-state index in [4.69, 9.17) is 16.3 Å². The second-order valence-electron chi connectivity index (χ2n) is 12.7. The number of aryl methyl sites for hydroxylation is 1. The molecule has 3 aromatic carbocycles. The molecule has 6 rings (SSSR count). The number of piperidine rings is 1. The molecule has 0 spiro atoms. The van der Waals surface area contributed by atoms with Crippen molar-refractivity contribution in [1.82, 2.24) is 25.4 Å². The summed E-state index contributed by atoms with van der Waals surface area (Å²) in [5, 5.41) is 16.6. The number of likely N-dealkylation sites (N-methyl/N-ethyl adjacent to an activating group) is 1. The Kier molecular flexibility index (Phi) is 12.0. The summed E-state index contributed by atoms with van der Waals surface area (Å²) in [6.45, 7) is 3.30. The maximum absolute atomic E-state index is 13.6. The van der Waals surface area contributed by atoms with Crippen LogP contribution in [0.15, 0.2) is 72.9 Å². The number of methoxy groups -OCH3 is 1. The van der Waals surface area contributed by atoms with Crippen LogP contribution in [0.3, 0.4) is 0 Å². The number of aromatic nitrogens is 1. The van der Waals surface area contributed by atoms with Crippen LogP contribution in [0.2, 0.25) is 5.02 Å². The van der Waals surface area contributed by atoms with E-state index < -0.39 is 5.92 Å². The lowest BCUT2D eigenvalue weighted by Gasteiger charge is -2.39. The number of amides is 4. The fourth-order valence-electron chi connectivity index (χ4n) is 6.82. The highest BCUT2D eigenvalue weighted by molar-refractivity contribution is 6.31. The number of hydrogen-bond acceptors (Lipinski definition) is 6. The zero-order valence-electron chi connectivity index (χ0n) is 28.6. The molecule has 4 amide bonds. The molecular formula is C38H44ClN5O6. The van der Waals surface area contributed by atoms with Crippen LogP contribution in [0.4, 0.5) is 0 Å². The first-order chi connectivity index (χ1) is 24.1. The Balaban J connectivity index is 0.000000470. The predicted molar refractivity (Wildman–Crippen MR) is 192 cm³/mol. The summed E-state index contributed by atoms with van der Waals surface area (Å²) in [7, 11) is 2.90. The van der Waals surface area contributed by atoms with Gasteiger partial charge in [-0.3, -0.25) is 19.2 Å². The number of phenolic OH excluding ortho intramolecular Hbond substituents is 1. The normalized spacial score (nSPS) is 18.1. The maximum atomic E-state index is 13.6. The highest BCUT2D eigenvalue weighted by atomic mass is 35.5. The van der Waals surface area contributed by atoms with Crippen LogP contribution in [-0.4, -0.2) is 90.4 Å². The first kappa shape index (κ1) is 36.3. The van der Waals surface area contributed by atoms with Gasteiger partial charge in [0.25, 0.3) is 5.91 Å². The molecule has 2 fully saturated rings. The zero-order chi connectivity index (χ0) is 35.8. The number of hydrogen-bond donors (Lipinski definition) is 4. The lowest BCUT2D eigenvalue weighted by atomic mass is 9.79. The van der Waals surface area contributed by atoms with Crippen LogP contribution in [0, 0.1) is 17.8 Å². The molecule has 12 heteroatoms. The van der Waals surface area contributed by atoms with Gasteiger partial charge in [-0.05, 0) is 59.7 Å². The van der Waals surface area contributed by atoms with E-state index in [0.717, 1.165) is 16.5 Å². The van der Waals surface area contributed by atoms with Gasteiger partial charge in [0, 0.05) is 60.9 Å². The van der Waals surface area contributed by atoms with Gasteiger partial charge >= 0.3 is 0 Å². The van der Waals surface area contributed by atoms with Gasteiger partial charge in [-0.2, -0.15) is 0 Å². The van der Waals surface area contributed by atoms with E-state index in [2.05, 4.69) is 52.9 Å². The Morgan fingerprint density at radius 2 is 1.74 bits per heavy atom. The second-order valence-corrected chi connectivity index (χ2v) is 13.2. The summed E-state index contributed by atoms with van der Waals surface area (Å²) in [5.74, 6) is -1.85. The van der Waals surface area contributed by atoms with Crippen molar-refractivity contribution in [1.29, 1.82) is 0 Å². The van der Waals surface area contributed by atoms with E-state index in [9.17, 15) is 24.3 Å². The molecule has 4 N–H and O–H groups in total. The summed E-state index contributed by atoms with van der Waals surface area (Å²) in [6, 6.07) is 20.4. The molecule has 0 aliphatic carbocycles. The highest BCUT2D eigenvalue weighted by Gasteiger charge is 2.47. The van der Waals surface area contributed by atoms with E-state index in [1.165, 1.54) is 50.8 Å². The van der Waals surface area contributed by atoms with Crippen LogP contribution >= 0.6 is 11.6 Å². The monoisotopic (exact) mass is 701 g/mol. The standard InChI is InChI=1S/C29H32ClN5O6.C9H12/c1-31-26(37)11-33-28(39)22-15-34(27(38)8-17-10-32-23-9-19(30)4-5-20(17)23)12-18-13-35(14-21(18)22)29(40)16-3-6-24(36)25(7-16)41-2;1-2-6-9-7-4-3-5-8-9/h3-7,9-10,18,21-22,32,36H,8,11-15H2,1-2H3,(H,31,37)(H,33,39);3-5,7-8H,2,6H2,1H3. The summed E-state index contributed by atoms with van der Waals surface area (Å²) in [4.78, 5) is 58.6. The van der Waals surface area contributed by atoms with Crippen molar-refractivity contribution in [3.05, 3.63) is 94.6 Å². The third-order valence-corrected chi connectivity index (χ3v) is 9.67. The molecule has 0 bridgehead atoms. The van der Waals surface area contributed by atoms with E-state index >= 15 is 0 Å². The number of halogens is 1. The Labute approximate surface area is 296 Å². The van der Waals surface area contributed by atoms with Crippen molar-refractivity contribution >= 4 is 46.1 Å². The molecule has 0 saturated carbocycles. The molecule has 3 unspecified atom stereocenters. The molecule has 11 nitrogen and oxygen atoms in total. The maximum Gasteiger partial charge on any atom is 0.254 e. The van der Waals surface area contributed by atoms with Crippen LogP contribution in [0.1, 0.15) is 34.8 Å². The van der Waals surface area contributed by atoms with E-state index in [-0.39, 0.29) is 66.5 Å². The number of nitrogens with one attached hydrogen (secondary N) is 3. The number of nitrogens with zero attached hydrogens (tertiary/aromatic N) is 2. The third-order valence-electron chi connectivity index (χ3n) is 9.44. The molecule has 3 heterocycles. The Bertz CT molecular complexity index is 1830. The van der Waals surface area contributed by atoms with Gasteiger partial charge in [-0.15, -0.1) is 0 Å². The van der Waals surface area contributed by atoms with Crippen molar-refractivity contribution in [2.24, 2.45) is 17.8 Å². The topological polar surface area (TPSA) is 144 Å². The molecule has 3 atom stereocenters. The molecule has 1 aromatic heterocycles. The highest BCUT2D eigenvalue weighted by Crippen LogP contribution is 2.37. The molecule has 2 saturated heterocycles. The number of aromatic hydroxyl groups is 1. The SMILES string of the molecule is CCCc1ccccc1.CNC(=O)CNC(=O)C1CN(C(=O)Cc2c[nH]c3cc(Cl)ccc23)CC2CN(C(=O)c3ccc(O)c(OC)c3)CC21. The van der Waals surface area contributed by atoms with Gasteiger partial charge in [0.05, 0.1) is 26.0 Å². The molecule has 2 aliphatic rings. The fourth-order valence-corrected chi connectivity index (χ4v) is 6.99. The number of aromatic amines is 1. The molecule has 264 valence electrons. The summed E-state index contributed by atoms with van der Waals surface area (Å²) in [5.41, 5.74) is 3.46. The minimum absolute atomic E-state index is 0.0700. The number of ether oxygens (including phenoxy) is 1. The van der Waals surface area contributed by atoms with E-state index in [0.29, 0.717) is 30.2 Å². The molecule has 50 heavy (non-hydrogen) atoms. The van der Waals surface area contributed by atoms with Gasteiger partial charge in [0.15, 0.2) is 11.5 Å². The van der Waals surface area contributed by atoms with Crippen molar-refractivity contribution in [3.8, 4) is 11.5 Å². The predicted octanol–water partition coefficient (Wildman–Crippen LogP) is 4.43. The van der Waals surface area contributed by atoms with Crippen molar-refractivity contribution in [2.45, 2.75) is 26.2 Å². The minimum atomic E-state index is -0.601. The smallest absolute Gasteiger partial charge is 0.254 e. The van der Waals surface area contributed by atoms with Crippen LogP contribution in [-0.2, 0) is 27.2 Å². The average molecular weight is 702 g/mol. The van der Waals surface area contributed by atoms with Gasteiger partial charge in [-0.25, -0.2) is 0 Å². The first-order valence-corrected chi connectivity index (χ1v) is 17.2. The number of benzene rings is 3. The number of rotatable bonds is 9. The van der Waals surface area contributed by atoms with Crippen molar-refractivity contribution in [2.75, 3.05) is 46.9 Å². The Morgan fingerprint density at radius 1 is 0.980 bits per heavy atom. The minimum Gasteiger partial charge on any atom is -0.504 e. The largest absolute Gasteiger partial charge is 0.504 e. The van der Waals surface area contributed by atoms with Crippen LogP contribution in [0.25, 0.3) is 10.9 Å². The van der Waals surface area contributed by atoms with Crippen LogP contribution < -0.4 is 15.4 Å². The third kappa shape index (κ3) is 8.57. The van der Waals surface area contributed by atoms with E-state index in [1.807, 2.05) is 6.07 Å². The number of carbonyl (C=O) groups excluding carboxylic acids is 4. The van der Waals surface area contributed by atoms with Gasteiger partial charge in [0.1, 0.15) is 0 Å². The first-order valence-electron chi connectivity index (χ1n) is 16.8. The molecule has 4 aromatic rings. The average Bonchev–Trinajstić information content (AvgIpc) is 3.74. The molecule has 2 aliphatic heterocycles. The number of H-pyrrole nitrogens is 1. The van der Waals surface area contributed by atoms with Gasteiger partial charge in [0.2, 0.25) is 17.7 Å². The number of likely N-dealkylation sites (tertiary alicyclic amines) is 2. The number of carbonyl (C=O) groups is 4. The summed E-state index contributed by atoms with van der Waals surface area (Å²) >= 11 is 6.10. The quantitative estimate of drug-likeness (QED) is 0.203. The Morgan fingerprint density at radius 3 is 2.46 bits per heavy atom. The lowest BCUT2D eigenvalue weighted by molar-refractivity contribution is -0.139. The second kappa shape index (κ2) is 16.6. The van der Waals surface area contributed by atoms with Crippen molar-refractivity contribution in [3.63, 3.8) is 0 Å². The number of fused-ring (bicyclic) bond motifs is 2. The summed E-state index contributed by atoms with van der Waals surface area (Å²) < 4.78 is 5.15. The molecule has 0 radical (unpaired) electrons. The number of phenols is 1. The van der Waals surface area contributed by atoms with Gasteiger partial charge < -0.3 is 35.3 Å². The van der Waals surface area contributed by atoms with Gasteiger partial charge in [-0.1, -0.05) is 61.3 Å². The summed E-state index contributed by atoms with van der Waals surface area (Å²) in [6.07, 6.45) is 4.38. The molecular weight excluding hydrogens is 658 g/mol. The Hall–Kier alpha value is -5.03. The lowest BCUT2D eigenvalue weighted by Crippen LogP contribution is -2.54. The van der Waals surface area contributed by atoms with Crippen LogP contribution in [0.5, 0.6) is 11.5 Å².